The van der Waals surface area contributed by atoms with Gasteiger partial charge in [0.05, 0.1) is 41.7 Å². The Morgan fingerprint density at radius 1 is 1.30 bits per heavy atom. The van der Waals surface area contributed by atoms with Crippen molar-refractivity contribution >= 4 is 33.3 Å². The van der Waals surface area contributed by atoms with Gasteiger partial charge < -0.3 is 14.2 Å². The lowest BCUT2D eigenvalue weighted by atomic mass is 9.78. The average Bonchev–Trinajstić information content (AvgIpc) is 2.79. The predicted molar refractivity (Wildman–Crippen MR) is 115 cm³/mol. The molecule has 1 aliphatic carbocycles. The maximum absolute atomic E-state index is 13.4. The largest absolute Gasteiger partial charge is 0.463 e. The molecule has 1 N–H and O–H groups in total. The third-order valence-electron chi connectivity index (χ3n) is 6.02. The third kappa shape index (κ3) is 5.18. The van der Waals surface area contributed by atoms with E-state index in [1.54, 1.807) is 13.0 Å². The Hall–Kier alpha value is -1.76. The van der Waals surface area contributed by atoms with E-state index in [9.17, 15) is 17.6 Å². The molecule has 33 heavy (non-hydrogen) atoms. The van der Waals surface area contributed by atoms with Crippen molar-refractivity contribution in [3.05, 3.63) is 40.7 Å². The Morgan fingerprint density at radius 3 is 2.76 bits per heavy atom. The van der Waals surface area contributed by atoms with Crippen molar-refractivity contribution < 1.29 is 41.6 Å². The van der Waals surface area contributed by atoms with Gasteiger partial charge in [0, 0.05) is 0 Å². The van der Waals surface area contributed by atoms with Gasteiger partial charge >= 0.3 is 5.97 Å². The van der Waals surface area contributed by atoms with Crippen LogP contribution in [-0.2, 0) is 38.8 Å². The molecule has 0 bridgehead atoms. The van der Waals surface area contributed by atoms with Crippen molar-refractivity contribution in [3.8, 4) is 0 Å². The molecule has 9 nitrogen and oxygen atoms in total. The van der Waals surface area contributed by atoms with Crippen LogP contribution in [0, 0.1) is 5.82 Å². The number of halogens is 2. The second kappa shape index (κ2) is 9.47. The first-order valence-electron chi connectivity index (χ1n) is 10.6. The Labute approximate surface area is 196 Å². The van der Waals surface area contributed by atoms with Gasteiger partial charge in [-0.3, -0.25) is 4.72 Å². The fraction of sp³-hybridized carbons (Fsp3) is 0.571. The highest BCUT2D eigenvalue weighted by molar-refractivity contribution is 7.93. The van der Waals surface area contributed by atoms with E-state index < -0.39 is 38.3 Å². The van der Waals surface area contributed by atoms with Gasteiger partial charge in [-0.15, -0.1) is 0 Å². The normalized spacial score (nSPS) is 30.2. The molecule has 2 saturated heterocycles. The number of esters is 1. The molecule has 3 unspecified atom stereocenters. The van der Waals surface area contributed by atoms with E-state index in [0.29, 0.717) is 25.9 Å². The van der Waals surface area contributed by atoms with Gasteiger partial charge in [0.1, 0.15) is 11.1 Å². The number of carbonyl (C=O) groups is 1. The molecule has 1 aromatic carbocycles. The molecular formula is C21H25ClFNO8S. The van der Waals surface area contributed by atoms with Crippen molar-refractivity contribution in [2.24, 2.45) is 0 Å². The molecule has 0 saturated carbocycles. The molecule has 3 atom stereocenters. The molecule has 1 aromatic rings. The zero-order valence-electron chi connectivity index (χ0n) is 18.0. The molecule has 0 radical (unpaired) electrons. The molecule has 0 aromatic heterocycles. The van der Waals surface area contributed by atoms with Crippen molar-refractivity contribution in [2.45, 2.75) is 49.1 Å². The molecule has 2 heterocycles. The summed E-state index contributed by atoms with van der Waals surface area (Å²) in [6.45, 7) is 2.25. The standard InChI is InChI=1S/C21H25ClFNO8S/c1-2-29-19(25)15-10-20(7-8-21(12-30-20)11-28-13-31-32-21)6-5-18(15)33(26,27)24-17-4-3-14(23)9-16(17)22/h3-4,9-10,18,24H,2,5-8,11-13H2,1H3. The molecule has 3 aliphatic rings. The molecule has 12 heteroatoms. The number of hydrogen-bond acceptors (Lipinski definition) is 8. The van der Waals surface area contributed by atoms with Crippen LogP contribution in [-0.4, -0.2) is 57.5 Å². The first-order valence-corrected chi connectivity index (χ1v) is 12.5. The SMILES string of the molecule is CCOC(=O)C1=CC2(CCC1S(=O)(=O)Nc1ccc(F)cc1Cl)CCC1(COCOO1)CO2. The summed E-state index contributed by atoms with van der Waals surface area (Å²) in [5.41, 5.74) is -1.56. The number of benzene rings is 1. The fourth-order valence-electron chi connectivity index (χ4n) is 4.29. The predicted octanol–water partition coefficient (Wildman–Crippen LogP) is 3.10. The van der Waals surface area contributed by atoms with Gasteiger partial charge in [-0.05, 0) is 56.9 Å². The highest BCUT2D eigenvalue weighted by Gasteiger charge is 2.50. The average molecular weight is 506 g/mol. The second-order valence-electron chi connectivity index (χ2n) is 8.32. The summed E-state index contributed by atoms with van der Waals surface area (Å²) in [5, 5.41) is -1.29. The minimum absolute atomic E-state index is 0.0122. The number of ether oxygens (including phenoxy) is 3. The summed E-state index contributed by atoms with van der Waals surface area (Å²) in [5.74, 6) is -1.33. The van der Waals surface area contributed by atoms with Crippen LogP contribution in [0.15, 0.2) is 29.8 Å². The Kier molecular flexibility index (Phi) is 7.00. The summed E-state index contributed by atoms with van der Waals surface area (Å²) < 4.78 is 58.8. The van der Waals surface area contributed by atoms with Gasteiger partial charge in [0.15, 0.2) is 12.4 Å². The van der Waals surface area contributed by atoms with Crippen molar-refractivity contribution in [2.75, 3.05) is 31.3 Å². The second-order valence-corrected chi connectivity index (χ2v) is 10.6. The first kappa shape index (κ1) is 24.4. The first-order chi connectivity index (χ1) is 15.7. The van der Waals surface area contributed by atoms with E-state index in [1.165, 1.54) is 6.07 Å². The van der Waals surface area contributed by atoms with Crippen LogP contribution in [0.25, 0.3) is 0 Å². The van der Waals surface area contributed by atoms with Gasteiger partial charge in [0.2, 0.25) is 10.0 Å². The molecule has 182 valence electrons. The van der Waals surface area contributed by atoms with Crippen molar-refractivity contribution in [1.29, 1.82) is 0 Å². The Morgan fingerprint density at radius 2 is 2.12 bits per heavy atom. The van der Waals surface area contributed by atoms with E-state index in [4.69, 9.17) is 35.6 Å². The number of rotatable bonds is 5. The molecule has 4 rings (SSSR count). The highest BCUT2D eigenvalue weighted by Crippen LogP contribution is 2.43. The number of sulfonamides is 1. The number of nitrogens with one attached hydrogen (secondary N) is 1. The van der Waals surface area contributed by atoms with Crippen LogP contribution in [0.4, 0.5) is 10.1 Å². The quantitative estimate of drug-likeness (QED) is 0.480. The van der Waals surface area contributed by atoms with Crippen LogP contribution in [0.1, 0.15) is 32.6 Å². The molecule has 2 fully saturated rings. The molecule has 0 amide bonds. The van der Waals surface area contributed by atoms with Crippen LogP contribution in [0.5, 0.6) is 0 Å². The zero-order valence-corrected chi connectivity index (χ0v) is 19.5. The maximum Gasteiger partial charge on any atom is 0.335 e. The fourth-order valence-corrected chi connectivity index (χ4v) is 6.11. The van der Waals surface area contributed by atoms with E-state index in [2.05, 4.69) is 4.72 Å². The number of hydrogen-bond donors (Lipinski definition) is 1. The van der Waals surface area contributed by atoms with E-state index in [1.807, 2.05) is 0 Å². The minimum Gasteiger partial charge on any atom is -0.463 e. The molecule has 2 spiro atoms. The summed E-state index contributed by atoms with van der Waals surface area (Å²) >= 11 is 5.99. The van der Waals surface area contributed by atoms with E-state index in [0.717, 1.165) is 12.1 Å². The lowest BCUT2D eigenvalue weighted by Crippen LogP contribution is -2.55. The van der Waals surface area contributed by atoms with Gasteiger partial charge in [0.25, 0.3) is 0 Å². The Bertz CT molecular complexity index is 1030. The van der Waals surface area contributed by atoms with E-state index in [-0.39, 0.29) is 42.7 Å². The third-order valence-corrected chi connectivity index (χ3v) is 8.08. The minimum atomic E-state index is -4.11. The molecule has 2 aliphatic heterocycles. The van der Waals surface area contributed by atoms with Crippen LogP contribution in [0.2, 0.25) is 5.02 Å². The molecular weight excluding hydrogens is 481 g/mol. The van der Waals surface area contributed by atoms with Crippen LogP contribution < -0.4 is 4.72 Å². The number of anilines is 1. The van der Waals surface area contributed by atoms with E-state index >= 15 is 0 Å². The lowest BCUT2D eigenvalue weighted by molar-refractivity contribution is -0.451. The Balaban J connectivity index is 1.59. The van der Waals surface area contributed by atoms with Crippen LogP contribution >= 0.6 is 11.6 Å². The van der Waals surface area contributed by atoms with Gasteiger partial charge in [-0.25, -0.2) is 27.4 Å². The maximum atomic E-state index is 13.4. The number of carbonyl (C=O) groups excluding carboxylic acids is 1. The summed E-state index contributed by atoms with van der Waals surface area (Å²) in [6.07, 6.45) is 3.05. The smallest absolute Gasteiger partial charge is 0.335 e. The summed E-state index contributed by atoms with van der Waals surface area (Å²) in [7, 11) is -4.11. The van der Waals surface area contributed by atoms with Crippen molar-refractivity contribution in [3.63, 3.8) is 0 Å². The summed E-state index contributed by atoms with van der Waals surface area (Å²) in [6, 6.07) is 3.32. The summed E-state index contributed by atoms with van der Waals surface area (Å²) in [4.78, 5) is 23.1. The monoisotopic (exact) mass is 505 g/mol. The van der Waals surface area contributed by atoms with Crippen LogP contribution in [0.3, 0.4) is 0 Å². The van der Waals surface area contributed by atoms with Gasteiger partial charge in [-0.1, -0.05) is 11.6 Å². The van der Waals surface area contributed by atoms with Crippen molar-refractivity contribution in [1.82, 2.24) is 0 Å². The zero-order chi connectivity index (χ0) is 23.7. The topological polar surface area (TPSA) is 109 Å². The highest BCUT2D eigenvalue weighted by atomic mass is 35.5. The lowest BCUT2D eigenvalue weighted by Gasteiger charge is -2.47. The van der Waals surface area contributed by atoms with Gasteiger partial charge in [-0.2, -0.15) is 0 Å².